The molecule has 1 rings (SSSR count). The van der Waals surface area contributed by atoms with Gasteiger partial charge in [-0.15, -0.1) is 0 Å². The number of benzene rings is 1. The molecule has 8 heteroatoms. The van der Waals surface area contributed by atoms with Crippen LogP contribution in [0.25, 0.3) is 0 Å². The molecule has 0 bridgehead atoms. The first kappa shape index (κ1) is 17.1. The van der Waals surface area contributed by atoms with Gasteiger partial charge in [-0.05, 0) is 24.6 Å². The van der Waals surface area contributed by atoms with Gasteiger partial charge in [-0.25, -0.2) is 0 Å². The van der Waals surface area contributed by atoms with Crippen molar-refractivity contribution in [1.29, 1.82) is 0 Å². The van der Waals surface area contributed by atoms with Crippen LogP contribution in [0.2, 0.25) is 0 Å². The first-order chi connectivity index (χ1) is 9.73. The van der Waals surface area contributed by atoms with E-state index in [1.54, 1.807) is 30.4 Å². The molecule has 1 aromatic carbocycles. The number of hydrogen-bond donors (Lipinski definition) is 2. The van der Waals surface area contributed by atoms with Gasteiger partial charge in [-0.2, -0.15) is 13.2 Å². The number of methoxy groups -OCH3 is 1. The molecule has 0 fully saturated rings. The number of carbonyl (C=O) groups is 1. The first-order valence-corrected chi connectivity index (χ1v) is 6.12. The van der Waals surface area contributed by atoms with Crippen molar-refractivity contribution in [2.24, 2.45) is 5.73 Å². The summed E-state index contributed by atoms with van der Waals surface area (Å²) < 4.78 is 46.0. The van der Waals surface area contributed by atoms with Gasteiger partial charge in [0.05, 0.1) is 7.11 Å². The van der Waals surface area contributed by atoms with Crippen molar-refractivity contribution in [3.8, 4) is 11.5 Å². The van der Waals surface area contributed by atoms with Crippen LogP contribution in [0.5, 0.6) is 11.5 Å². The molecule has 5 nitrogen and oxygen atoms in total. The van der Waals surface area contributed by atoms with E-state index in [0.29, 0.717) is 5.75 Å². The topological polar surface area (TPSA) is 73.6 Å². The van der Waals surface area contributed by atoms with Crippen LogP contribution in [0.4, 0.5) is 13.2 Å². The zero-order valence-electron chi connectivity index (χ0n) is 11.7. The number of carbonyl (C=O) groups excluding carboxylic acids is 1. The Morgan fingerprint density at radius 3 is 2.57 bits per heavy atom. The lowest BCUT2D eigenvalue weighted by molar-refractivity contribution is -0.139. The van der Waals surface area contributed by atoms with Gasteiger partial charge in [0.1, 0.15) is 6.54 Å². The number of rotatable bonds is 6. The quantitative estimate of drug-likeness (QED) is 0.840. The molecule has 1 unspecified atom stereocenters. The molecule has 1 atom stereocenters. The van der Waals surface area contributed by atoms with Crippen molar-refractivity contribution in [3.05, 3.63) is 23.8 Å². The highest BCUT2D eigenvalue weighted by Gasteiger charge is 2.27. The molecular weight excluding hydrogens is 289 g/mol. The zero-order chi connectivity index (χ0) is 16.0. The molecule has 0 radical (unpaired) electrons. The summed E-state index contributed by atoms with van der Waals surface area (Å²) >= 11 is 0. The Hall–Kier alpha value is -1.96. The minimum atomic E-state index is -4.45. The van der Waals surface area contributed by atoms with Crippen molar-refractivity contribution in [1.82, 2.24) is 5.32 Å². The van der Waals surface area contributed by atoms with Crippen LogP contribution < -0.4 is 20.5 Å². The van der Waals surface area contributed by atoms with Crippen LogP contribution in [0.1, 0.15) is 18.5 Å². The summed E-state index contributed by atoms with van der Waals surface area (Å²) in [6.45, 7) is -0.139. The average molecular weight is 306 g/mol. The SMILES string of the molecule is COc1cc(C(C)N)ccc1OCC(=O)NCC(F)(F)F. The van der Waals surface area contributed by atoms with Gasteiger partial charge < -0.3 is 20.5 Å². The lowest BCUT2D eigenvalue weighted by Crippen LogP contribution is -2.36. The fourth-order valence-corrected chi connectivity index (χ4v) is 1.48. The summed E-state index contributed by atoms with van der Waals surface area (Å²) in [7, 11) is 1.41. The van der Waals surface area contributed by atoms with Crippen molar-refractivity contribution in [3.63, 3.8) is 0 Å². The second-order valence-electron chi connectivity index (χ2n) is 4.38. The molecule has 0 aliphatic heterocycles. The Kier molecular flexibility index (Phi) is 5.83. The van der Waals surface area contributed by atoms with E-state index in [1.807, 2.05) is 0 Å². The normalized spacial score (nSPS) is 12.7. The van der Waals surface area contributed by atoms with Gasteiger partial charge in [-0.3, -0.25) is 4.79 Å². The molecule has 1 aromatic rings. The Morgan fingerprint density at radius 2 is 2.05 bits per heavy atom. The smallest absolute Gasteiger partial charge is 0.405 e. The Balaban J connectivity index is 2.61. The van der Waals surface area contributed by atoms with Crippen LogP contribution in [0, 0.1) is 0 Å². The second kappa shape index (κ2) is 7.16. The van der Waals surface area contributed by atoms with Gasteiger partial charge in [0, 0.05) is 6.04 Å². The van der Waals surface area contributed by atoms with Crippen molar-refractivity contribution < 1.29 is 27.4 Å². The maximum atomic E-state index is 11.9. The number of ether oxygens (including phenoxy) is 2. The fraction of sp³-hybridized carbons (Fsp3) is 0.462. The van der Waals surface area contributed by atoms with E-state index in [1.165, 1.54) is 7.11 Å². The summed E-state index contributed by atoms with van der Waals surface area (Å²) in [5.41, 5.74) is 6.53. The number of amides is 1. The third-order valence-electron chi connectivity index (χ3n) is 2.56. The molecule has 0 saturated carbocycles. The summed E-state index contributed by atoms with van der Waals surface area (Å²) in [4.78, 5) is 11.2. The van der Waals surface area contributed by atoms with Gasteiger partial charge in [-0.1, -0.05) is 6.07 Å². The van der Waals surface area contributed by atoms with E-state index in [4.69, 9.17) is 15.2 Å². The summed E-state index contributed by atoms with van der Waals surface area (Å²) in [6.07, 6.45) is -4.45. The molecule has 0 saturated heterocycles. The number of nitrogens with one attached hydrogen (secondary N) is 1. The number of halogens is 3. The van der Waals surface area contributed by atoms with Gasteiger partial charge >= 0.3 is 6.18 Å². The van der Waals surface area contributed by atoms with Crippen LogP contribution in [-0.4, -0.2) is 32.3 Å². The first-order valence-electron chi connectivity index (χ1n) is 6.12. The summed E-state index contributed by atoms with van der Waals surface area (Å²) in [5.74, 6) is -0.261. The zero-order valence-corrected chi connectivity index (χ0v) is 11.7. The Bertz CT molecular complexity index is 490. The predicted octanol–water partition coefficient (Wildman–Crippen LogP) is 1.77. The number of nitrogens with two attached hydrogens (primary N) is 1. The van der Waals surface area contributed by atoms with Crippen molar-refractivity contribution in [2.75, 3.05) is 20.3 Å². The fourth-order valence-electron chi connectivity index (χ4n) is 1.48. The molecule has 0 aromatic heterocycles. The molecule has 21 heavy (non-hydrogen) atoms. The minimum absolute atomic E-state index is 0.206. The van der Waals surface area contributed by atoms with E-state index in [2.05, 4.69) is 0 Å². The number of alkyl halides is 3. The Morgan fingerprint density at radius 1 is 1.38 bits per heavy atom. The van der Waals surface area contributed by atoms with Crippen LogP contribution in [-0.2, 0) is 4.79 Å². The van der Waals surface area contributed by atoms with E-state index >= 15 is 0 Å². The van der Waals surface area contributed by atoms with Crippen molar-refractivity contribution in [2.45, 2.75) is 19.1 Å². The third-order valence-corrected chi connectivity index (χ3v) is 2.56. The molecule has 0 spiro atoms. The van der Waals surface area contributed by atoms with Crippen LogP contribution in [0.15, 0.2) is 18.2 Å². The maximum Gasteiger partial charge on any atom is 0.405 e. The van der Waals surface area contributed by atoms with E-state index in [-0.39, 0.29) is 11.8 Å². The molecule has 0 aliphatic rings. The van der Waals surface area contributed by atoms with E-state index < -0.39 is 25.2 Å². The van der Waals surface area contributed by atoms with Gasteiger partial charge in [0.25, 0.3) is 5.91 Å². The molecular formula is C13H17F3N2O3. The Labute approximate surface area is 120 Å². The highest BCUT2D eigenvalue weighted by atomic mass is 19.4. The van der Waals surface area contributed by atoms with Crippen molar-refractivity contribution >= 4 is 5.91 Å². The van der Waals surface area contributed by atoms with Crippen LogP contribution >= 0.6 is 0 Å². The highest BCUT2D eigenvalue weighted by Crippen LogP contribution is 2.29. The molecule has 3 N–H and O–H groups in total. The van der Waals surface area contributed by atoms with Gasteiger partial charge in [0.2, 0.25) is 0 Å². The summed E-state index contributed by atoms with van der Waals surface area (Å²) in [6, 6.07) is 4.68. The molecule has 0 heterocycles. The summed E-state index contributed by atoms with van der Waals surface area (Å²) in [5, 5.41) is 1.71. The lowest BCUT2D eigenvalue weighted by atomic mass is 10.1. The molecule has 1 amide bonds. The third kappa shape index (κ3) is 5.90. The maximum absolute atomic E-state index is 11.9. The lowest BCUT2D eigenvalue weighted by Gasteiger charge is -2.14. The predicted molar refractivity (Wildman–Crippen MR) is 70.2 cm³/mol. The minimum Gasteiger partial charge on any atom is -0.493 e. The van der Waals surface area contributed by atoms with E-state index in [0.717, 1.165) is 5.56 Å². The molecule has 118 valence electrons. The number of hydrogen-bond acceptors (Lipinski definition) is 4. The largest absolute Gasteiger partial charge is 0.493 e. The van der Waals surface area contributed by atoms with Gasteiger partial charge in [0.15, 0.2) is 18.1 Å². The van der Waals surface area contributed by atoms with Crippen LogP contribution in [0.3, 0.4) is 0 Å². The van der Waals surface area contributed by atoms with E-state index in [9.17, 15) is 18.0 Å². The average Bonchev–Trinajstić information content (AvgIpc) is 2.41. The standard InChI is InChI=1S/C13H17F3N2O3/c1-8(17)9-3-4-10(11(5-9)20-2)21-6-12(19)18-7-13(14,15)16/h3-5,8H,6-7,17H2,1-2H3,(H,18,19). The second-order valence-corrected chi connectivity index (χ2v) is 4.38. The monoisotopic (exact) mass is 306 g/mol. The molecule has 0 aliphatic carbocycles. The highest BCUT2D eigenvalue weighted by molar-refractivity contribution is 5.77.